The molecule has 0 aliphatic carbocycles. The van der Waals surface area contributed by atoms with E-state index in [-0.39, 0.29) is 5.91 Å². The summed E-state index contributed by atoms with van der Waals surface area (Å²) in [7, 11) is 0. The fourth-order valence-corrected chi connectivity index (χ4v) is 2.33. The Morgan fingerprint density at radius 2 is 1.96 bits per heavy atom. The van der Waals surface area contributed by atoms with Crippen molar-refractivity contribution in [2.45, 2.75) is 13.0 Å². The van der Waals surface area contributed by atoms with E-state index in [1.807, 2.05) is 24.3 Å². The lowest BCUT2D eigenvalue weighted by Crippen LogP contribution is -2.22. The zero-order valence-corrected chi connectivity index (χ0v) is 13.2. The predicted octanol–water partition coefficient (Wildman–Crippen LogP) is 3.26. The number of rotatable bonds is 7. The number of furan rings is 1. The van der Waals surface area contributed by atoms with Crippen molar-refractivity contribution >= 4 is 11.7 Å². The van der Waals surface area contributed by atoms with Crippen LogP contribution in [0.4, 0.5) is 5.82 Å². The van der Waals surface area contributed by atoms with E-state index in [2.05, 4.69) is 27.8 Å². The molecule has 1 aromatic carbocycles. The summed E-state index contributed by atoms with van der Waals surface area (Å²) in [5.41, 5.74) is 1.83. The molecule has 0 bridgehead atoms. The van der Waals surface area contributed by atoms with Gasteiger partial charge in [0.1, 0.15) is 11.6 Å². The van der Waals surface area contributed by atoms with Gasteiger partial charge in [0.05, 0.1) is 12.8 Å². The highest BCUT2D eigenvalue weighted by molar-refractivity contribution is 5.94. The quantitative estimate of drug-likeness (QED) is 0.701. The van der Waals surface area contributed by atoms with Crippen LogP contribution in [0.2, 0.25) is 0 Å². The van der Waals surface area contributed by atoms with Crippen LogP contribution in [0.1, 0.15) is 21.7 Å². The van der Waals surface area contributed by atoms with E-state index in [0.29, 0.717) is 17.9 Å². The van der Waals surface area contributed by atoms with Crippen molar-refractivity contribution in [3.63, 3.8) is 0 Å². The van der Waals surface area contributed by atoms with Crippen LogP contribution in [0.15, 0.2) is 71.5 Å². The number of pyridine rings is 1. The van der Waals surface area contributed by atoms with Gasteiger partial charge in [-0.05, 0) is 36.2 Å². The number of hydrogen-bond acceptors (Lipinski definition) is 4. The third-order valence-corrected chi connectivity index (χ3v) is 3.59. The van der Waals surface area contributed by atoms with E-state index in [9.17, 15) is 4.79 Å². The van der Waals surface area contributed by atoms with Gasteiger partial charge in [-0.3, -0.25) is 4.79 Å². The second-order valence-corrected chi connectivity index (χ2v) is 5.35. The Balaban J connectivity index is 1.52. The largest absolute Gasteiger partial charge is 0.467 e. The van der Waals surface area contributed by atoms with Gasteiger partial charge in [0.2, 0.25) is 0 Å². The number of nitrogens with zero attached hydrogens (tertiary/aromatic N) is 1. The van der Waals surface area contributed by atoms with Crippen LogP contribution in [-0.2, 0) is 13.0 Å². The van der Waals surface area contributed by atoms with E-state index >= 15 is 0 Å². The van der Waals surface area contributed by atoms with E-state index in [0.717, 1.165) is 18.7 Å². The van der Waals surface area contributed by atoms with Crippen LogP contribution in [0.25, 0.3) is 0 Å². The van der Waals surface area contributed by atoms with E-state index in [4.69, 9.17) is 4.42 Å². The summed E-state index contributed by atoms with van der Waals surface area (Å²) in [6.07, 6.45) is 4.12. The fraction of sp³-hybridized carbons (Fsp3) is 0.158. The SMILES string of the molecule is O=C(NCc1ccco1)c1ccnc(NCCc2ccccc2)c1. The summed E-state index contributed by atoms with van der Waals surface area (Å²) in [5.74, 6) is 1.26. The maximum atomic E-state index is 12.2. The lowest BCUT2D eigenvalue weighted by molar-refractivity contribution is 0.0948. The molecule has 0 unspecified atom stereocenters. The topological polar surface area (TPSA) is 67.2 Å². The van der Waals surface area contributed by atoms with Gasteiger partial charge in [-0.15, -0.1) is 0 Å². The maximum absolute atomic E-state index is 12.2. The molecule has 0 atom stereocenters. The van der Waals surface area contributed by atoms with Gasteiger partial charge >= 0.3 is 0 Å². The van der Waals surface area contributed by atoms with Crippen molar-refractivity contribution in [2.24, 2.45) is 0 Å². The molecular formula is C19H19N3O2. The number of aromatic nitrogens is 1. The van der Waals surface area contributed by atoms with Gasteiger partial charge in [-0.1, -0.05) is 30.3 Å². The number of carbonyl (C=O) groups is 1. The van der Waals surface area contributed by atoms with Crippen molar-refractivity contribution in [1.29, 1.82) is 0 Å². The third-order valence-electron chi connectivity index (χ3n) is 3.59. The molecule has 3 rings (SSSR count). The number of benzene rings is 1. The van der Waals surface area contributed by atoms with Crippen LogP contribution in [0, 0.1) is 0 Å². The normalized spacial score (nSPS) is 10.3. The molecule has 2 heterocycles. The average molecular weight is 321 g/mol. The zero-order valence-electron chi connectivity index (χ0n) is 13.2. The zero-order chi connectivity index (χ0) is 16.6. The minimum atomic E-state index is -0.153. The van der Waals surface area contributed by atoms with Crippen molar-refractivity contribution in [3.8, 4) is 0 Å². The summed E-state index contributed by atoms with van der Waals surface area (Å²) >= 11 is 0. The highest BCUT2D eigenvalue weighted by atomic mass is 16.3. The molecule has 24 heavy (non-hydrogen) atoms. The second kappa shape index (κ2) is 7.97. The van der Waals surface area contributed by atoms with E-state index < -0.39 is 0 Å². The van der Waals surface area contributed by atoms with Gasteiger partial charge in [-0.2, -0.15) is 0 Å². The molecule has 3 aromatic rings. The first-order valence-electron chi connectivity index (χ1n) is 7.86. The first-order valence-corrected chi connectivity index (χ1v) is 7.86. The molecule has 2 N–H and O–H groups in total. The maximum Gasteiger partial charge on any atom is 0.251 e. The molecule has 122 valence electrons. The van der Waals surface area contributed by atoms with Crippen LogP contribution < -0.4 is 10.6 Å². The minimum absolute atomic E-state index is 0.153. The van der Waals surface area contributed by atoms with E-state index in [1.165, 1.54) is 5.56 Å². The molecule has 0 saturated heterocycles. The summed E-state index contributed by atoms with van der Waals surface area (Å²) in [6.45, 7) is 1.12. The average Bonchev–Trinajstić information content (AvgIpc) is 3.14. The third kappa shape index (κ3) is 4.46. The fourth-order valence-electron chi connectivity index (χ4n) is 2.33. The molecule has 2 aromatic heterocycles. The number of anilines is 1. The number of amides is 1. The molecule has 5 heteroatoms. The number of hydrogen-bond donors (Lipinski definition) is 2. The van der Waals surface area contributed by atoms with Crippen LogP contribution in [0.3, 0.4) is 0 Å². The predicted molar refractivity (Wildman–Crippen MR) is 92.8 cm³/mol. The molecule has 0 spiro atoms. The highest BCUT2D eigenvalue weighted by Crippen LogP contribution is 2.08. The smallest absolute Gasteiger partial charge is 0.251 e. The monoisotopic (exact) mass is 321 g/mol. The van der Waals surface area contributed by atoms with Crippen LogP contribution in [0.5, 0.6) is 0 Å². The molecule has 5 nitrogen and oxygen atoms in total. The van der Waals surface area contributed by atoms with Gasteiger partial charge < -0.3 is 15.1 Å². The van der Waals surface area contributed by atoms with Gasteiger partial charge in [0.15, 0.2) is 0 Å². The second-order valence-electron chi connectivity index (χ2n) is 5.35. The summed E-state index contributed by atoms with van der Waals surface area (Å²) in [5, 5.41) is 6.07. The van der Waals surface area contributed by atoms with Crippen LogP contribution in [-0.4, -0.2) is 17.4 Å². The first kappa shape index (κ1) is 15.8. The highest BCUT2D eigenvalue weighted by Gasteiger charge is 2.07. The van der Waals surface area contributed by atoms with Gasteiger partial charge in [0, 0.05) is 18.3 Å². The molecule has 0 radical (unpaired) electrons. The lowest BCUT2D eigenvalue weighted by atomic mass is 10.1. The van der Waals surface area contributed by atoms with Crippen molar-refractivity contribution < 1.29 is 9.21 Å². The van der Waals surface area contributed by atoms with Gasteiger partial charge in [0.25, 0.3) is 5.91 Å². The summed E-state index contributed by atoms with van der Waals surface area (Å²) in [6, 6.07) is 17.3. The molecular weight excluding hydrogens is 302 g/mol. The Morgan fingerprint density at radius 1 is 1.08 bits per heavy atom. The van der Waals surface area contributed by atoms with Crippen LogP contribution >= 0.6 is 0 Å². The Hall–Kier alpha value is -3.08. The molecule has 0 aliphatic rings. The first-order chi connectivity index (χ1) is 11.8. The summed E-state index contributed by atoms with van der Waals surface area (Å²) in [4.78, 5) is 16.4. The number of nitrogens with one attached hydrogen (secondary N) is 2. The minimum Gasteiger partial charge on any atom is -0.467 e. The molecule has 0 aliphatic heterocycles. The Morgan fingerprint density at radius 3 is 2.75 bits per heavy atom. The van der Waals surface area contributed by atoms with E-state index in [1.54, 1.807) is 30.7 Å². The molecule has 1 amide bonds. The van der Waals surface area contributed by atoms with Crippen molar-refractivity contribution in [3.05, 3.63) is 83.9 Å². The molecule has 0 fully saturated rings. The lowest BCUT2D eigenvalue weighted by Gasteiger charge is -2.08. The Kier molecular flexibility index (Phi) is 5.24. The number of carbonyl (C=O) groups excluding carboxylic acids is 1. The Bertz CT molecular complexity index is 770. The van der Waals surface area contributed by atoms with Gasteiger partial charge in [-0.25, -0.2) is 4.98 Å². The Labute approximate surface area is 140 Å². The van der Waals surface area contributed by atoms with Crippen molar-refractivity contribution in [1.82, 2.24) is 10.3 Å². The van der Waals surface area contributed by atoms with Crippen molar-refractivity contribution in [2.75, 3.05) is 11.9 Å². The standard InChI is InChI=1S/C19H19N3O2/c23-19(22-14-17-7-4-12-24-17)16-9-11-21-18(13-16)20-10-8-15-5-2-1-3-6-15/h1-7,9,11-13H,8,10,14H2,(H,20,21)(H,22,23). The summed E-state index contributed by atoms with van der Waals surface area (Å²) < 4.78 is 5.20. The molecule has 0 saturated carbocycles.